The summed E-state index contributed by atoms with van der Waals surface area (Å²) in [5, 5.41) is 9.36. The number of anilines is 2. The molecule has 2 amide bonds. The molecule has 198 valence electrons. The summed E-state index contributed by atoms with van der Waals surface area (Å²) in [6.45, 7) is 0. The molecule has 3 aromatic rings. The lowest BCUT2D eigenvalue weighted by atomic mass is 10.1. The minimum absolute atomic E-state index is 0.268. The van der Waals surface area contributed by atoms with Crippen LogP contribution in [0.4, 0.5) is 11.4 Å². The number of carbonyl (C=O) groups is 2. The second kappa shape index (κ2) is 13.1. The molecule has 0 saturated carbocycles. The summed E-state index contributed by atoms with van der Waals surface area (Å²) in [7, 11) is 11.0. The quantitative estimate of drug-likeness (QED) is 0.209. The van der Waals surface area contributed by atoms with Gasteiger partial charge in [-0.25, -0.2) is 10.0 Å². The van der Waals surface area contributed by atoms with Gasteiger partial charge in [-0.3, -0.25) is 19.6 Å². The first-order valence-electron chi connectivity index (χ1n) is 12.0. The molecule has 0 bridgehead atoms. The zero-order chi connectivity index (χ0) is 27.7. The summed E-state index contributed by atoms with van der Waals surface area (Å²) in [5.74, 6) is 0.906. The average molecular weight is 515 g/mol. The molecule has 0 aliphatic rings. The summed E-state index contributed by atoms with van der Waals surface area (Å²) in [5.41, 5.74) is 10.3. The number of rotatable bonds is 8. The van der Waals surface area contributed by atoms with Crippen LogP contribution < -0.4 is 21.5 Å². The van der Waals surface area contributed by atoms with Gasteiger partial charge in [0.1, 0.15) is 11.7 Å². The van der Waals surface area contributed by atoms with Crippen LogP contribution in [0.15, 0.2) is 82.8 Å². The highest BCUT2D eigenvalue weighted by Crippen LogP contribution is 2.15. The SMILES string of the molecule is CN=C(NN(C)C)c1ccc(NC(=O)c2ccc(C(=O)Nc3ccc(C(=NC)NN(C)C)cc3)cc2)cc1. The molecule has 0 fully saturated rings. The molecule has 0 heterocycles. The molecule has 38 heavy (non-hydrogen) atoms. The molecule has 0 aliphatic carbocycles. The molecule has 0 aromatic heterocycles. The molecule has 3 rings (SSSR count). The fraction of sp³-hybridized carbons (Fsp3) is 0.214. The van der Waals surface area contributed by atoms with Crippen LogP contribution in [-0.2, 0) is 0 Å². The van der Waals surface area contributed by atoms with Crippen LogP contribution >= 0.6 is 0 Å². The van der Waals surface area contributed by atoms with Crippen molar-refractivity contribution >= 4 is 34.9 Å². The Labute approximate surface area is 223 Å². The van der Waals surface area contributed by atoms with Crippen LogP contribution in [0.2, 0.25) is 0 Å². The van der Waals surface area contributed by atoms with E-state index in [1.807, 2.05) is 76.7 Å². The standard InChI is InChI=1S/C28H34N8O2/c1-29-25(33-35(3)4)19-11-15-23(16-12-19)31-27(37)21-7-9-22(10-8-21)28(38)32-24-17-13-20(14-18-24)26(30-2)34-36(5)6/h7-18H,1-6H3,(H,29,33)(H,30,34)(H,31,37)(H,32,38). The largest absolute Gasteiger partial charge is 0.322 e. The fourth-order valence-corrected chi connectivity index (χ4v) is 3.51. The predicted octanol–water partition coefficient (Wildman–Crippen LogP) is 3.08. The number of hydrazine groups is 2. The molecular weight excluding hydrogens is 480 g/mol. The molecule has 0 saturated heterocycles. The van der Waals surface area contributed by atoms with Gasteiger partial charge in [0.2, 0.25) is 0 Å². The Morgan fingerprint density at radius 3 is 1.08 bits per heavy atom. The molecule has 0 unspecified atom stereocenters. The van der Waals surface area contributed by atoms with Crippen molar-refractivity contribution in [1.82, 2.24) is 20.9 Å². The Morgan fingerprint density at radius 2 is 0.816 bits per heavy atom. The lowest BCUT2D eigenvalue weighted by Crippen LogP contribution is -2.36. The zero-order valence-electron chi connectivity index (χ0n) is 22.5. The summed E-state index contributed by atoms with van der Waals surface area (Å²) in [6.07, 6.45) is 0. The number of nitrogens with zero attached hydrogens (tertiary/aromatic N) is 4. The molecule has 3 aromatic carbocycles. The number of hydrogen-bond acceptors (Lipinski definition) is 6. The van der Waals surface area contributed by atoms with Gasteiger partial charge in [-0.05, 0) is 72.8 Å². The Kier molecular flexibility index (Phi) is 9.69. The molecule has 0 aliphatic heterocycles. The first-order chi connectivity index (χ1) is 18.2. The smallest absolute Gasteiger partial charge is 0.255 e. The molecule has 10 heteroatoms. The van der Waals surface area contributed by atoms with Crippen molar-refractivity contribution in [3.05, 3.63) is 95.1 Å². The summed E-state index contributed by atoms with van der Waals surface area (Å²) in [4.78, 5) is 33.9. The number of benzene rings is 3. The number of amides is 2. The minimum Gasteiger partial charge on any atom is -0.322 e. The Morgan fingerprint density at radius 1 is 0.526 bits per heavy atom. The summed E-state index contributed by atoms with van der Waals surface area (Å²) in [6, 6.07) is 21.3. The summed E-state index contributed by atoms with van der Waals surface area (Å²) >= 11 is 0. The van der Waals surface area contributed by atoms with E-state index in [0.29, 0.717) is 22.5 Å². The normalized spacial score (nSPS) is 11.9. The minimum atomic E-state index is -0.268. The third-order valence-corrected chi connectivity index (χ3v) is 5.35. The first-order valence-corrected chi connectivity index (χ1v) is 12.0. The van der Waals surface area contributed by atoms with E-state index < -0.39 is 0 Å². The highest BCUT2D eigenvalue weighted by molar-refractivity contribution is 6.07. The topological polar surface area (TPSA) is 113 Å². The van der Waals surface area contributed by atoms with Gasteiger partial charge in [-0.2, -0.15) is 0 Å². The van der Waals surface area contributed by atoms with Crippen LogP contribution in [0.3, 0.4) is 0 Å². The van der Waals surface area contributed by atoms with E-state index in [4.69, 9.17) is 0 Å². The van der Waals surface area contributed by atoms with Crippen molar-refractivity contribution in [3.63, 3.8) is 0 Å². The first kappa shape index (κ1) is 28.0. The molecule has 0 atom stereocenters. The van der Waals surface area contributed by atoms with E-state index in [2.05, 4.69) is 31.5 Å². The van der Waals surface area contributed by atoms with E-state index in [-0.39, 0.29) is 11.8 Å². The average Bonchev–Trinajstić information content (AvgIpc) is 2.91. The number of carbonyl (C=O) groups excluding carboxylic acids is 2. The van der Waals surface area contributed by atoms with Crippen molar-refractivity contribution in [2.75, 3.05) is 52.9 Å². The highest BCUT2D eigenvalue weighted by Gasteiger charge is 2.11. The Bertz CT molecular complexity index is 1190. The van der Waals surface area contributed by atoms with Gasteiger partial charge in [-0.1, -0.05) is 0 Å². The second-order valence-electron chi connectivity index (χ2n) is 8.80. The number of aliphatic imine (C=N–C) groups is 2. The maximum absolute atomic E-state index is 12.7. The van der Waals surface area contributed by atoms with Gasteiger partial charge in [0.05, 0.1) is 0 Å². The third kappa shape index (κ3) is 7.73. The Hall–Kier alpha value is -4.54. The van der Waals surface area contributed by atoms with Crippen LogP contribution in [0.25, 0.3) is 0 Å². The molecular formula is C28H34N8O2. The van der Waals surface area contributed by atoms with Gasteiger partial charge in [0, 0.05) is 75.9 Å². The van der Waals surface area contributed by atoms with Gasteiger partial charge in [0.25, 0.3) is 11.8 Å². The second-order valence-corrected chi connectivity index (χ2v) is 8.80. The van der Waals surface area contributed by atoms with E-state index in [1.165, 1.54) is 0 Å². The van der Waals surface area contributed by atoms with Gasteiger partial charge in [-0.15, -0.1) is 0 Å². The van der Waals surface area contributed by atoms with Crippen LogP contribution in [-0.4, -0.2) is 75.8 Å². The van der Waals surface area contributed by atoms with Crippen molar-refractivity contribution in [2.24, 2.45) is 9.98 Å². The number of nitrogens with one attached hydrogen (secondary N) is 4. The van der Waals surface area contributed by atoms with E-state index in [0.717, 1.165) is 22.8 Å². The highest BCUT2D eigenvalue weighted by atomic mass is 16.2. The predicted molar refractivity (Wildman–Crippen MR) is 154 cm³/mol. The molecule has 4 N–H and O–H groups in total. The lowest BCUT2D eigenvalue weighted by Gasteiger charge is -2.16. The van der Waals surface area contributed by atoms with Crippen molar-refractivity contribution < 1.29 is 9.59 Å². The zero-order valence-corrected chi connectivity index (χ0v) is 22.5. The van der Waals surface area contributed by atoms with E-state index in [9.17, 15) is 9.59 Å². The van der Waals surface area contributed by atoms with Crippen molar-refractivity contribution in [3.8, 4) is 0 Å². The lowest BCUT2D eigenvalue weighted by molar-refractivity contribution is 0.101. The maximum Gasteiger partial charge on any atom is 0.255 e. The van der Waals surface area contributed by atoms with Gasteiger partial charge in [0.15, 0.2) is 0 Å². The van der Waals surface area contributed by atoms with Gasteiger partial charge < -0.3 is 21.5 Å². The monoisotopic (exact) mass is 514 g/mol. The molecule has 0 spiro atoms. The van der Waals surface area contributed by atoms with Crippen molar-refractivity contribution in [2.45, 2.75) is 0 Å². The maximum atomic E-state index is 12.7. The van der Waals surface area contributed by atoms with E-state index in [1.54, 1.807) is 48.4 Å². The van der Waals surface area contributed by atoms with Crippen LogP contribution in [0.5, 0.6) is 0 Å². The van der Waals surface area contributed by atoms with Crippen molar-refractivity contribution in [1.29, 1.82) is 0 Å². The molecule has 10 nitrogen and oxygen atoms in total. The third-order valence-electron chi connectivity index (χ3n) is 5.35. The van der Waals surface area contributed by atoms with E-state index >= 15 is 0 Å². The summed E-state index contributed by atoms with van der Waals surface area (Å²) < 4.78 is 0. The molecule has 0 radical (unpaired) electrons. The Balaban J connectivity index is 1.60. The number of amidine groups is 2. The van der Waals surface area contributed by atoms with Crippen LogP contribution in [0, 0.1) is 0 Å². The fourth-order valence-electron chi connectivity index (χ4n) is 3.51. The van der Waals surface area contributed by atoms with Crippen LogP contribution in [0.1, 0.15) is 31.8 Å². The van der Waals surface area contributed by atoms with Gasteiger partial charge >= 0.3 is 0 Å². The number of hydrogen-bond donors (Lipinski definition) is 4.